The molecule has 1 aliphatic carbocycles. The molecule has 1 heterocycles. The Morgan fingerprint density at radius 2 is 2.23 bits per heavy atom. The van der Waals surface area contributed by atoms with Gasteiger partial charge >= 0.3 is 0 Å². The Kier molecular flexibility index (Phi) is 2.74. The van der Waals surface area contributed by atoms with Crippen molar-refractivity contribution in [3.05, 3.63) is 16.4 Å². The first-order valence-electron chi connectivity index (χ1n) is 4.49. The van der Waals surface area contributed by atoms with Crippen molar-refractivity contribution in [1.29, 1.82) is 0 Å². The molecule has 0 fully saturated rings. The van der Waals surface area contributed by atoms with E-state index in [2.05, 4.69) is 16.9 Å². The minimum Gasteiger partial charge on any atom is -0.227 e. The summed E-state index contributed by atoms with van der Waals surface area (Å²) in [6, 6.07) is 0. The molecule has 2 nitrogen and oxygen atoms in total. The lowest BCUT2D eigenvalue weighted by Crippen LogP contribution is -1.96. The highest BCUT2D eigenvalue weighted by molar-refractivity contribution is 7.99. The van der Waals surface area contributed by atoms with Gasteiger partial charge in [0, 0.05) is 11.3 Å². The van der Waals surface area contributed by atoms with E-state index in [0.29, 0.717) is 5.15 Å². The van der Waals surface area contributed by atoms with Crippen molar-refractivity contribution in [3.8, 4) is 0 Å². The van der Waals surface area contributed by atoms with Gasteiger partial charge in [-0.1, -0.05) is 30.3 Å². The van der Waals surface area contributed by atoms with Crippen LogP contribution in [0.1, 0.15) is 24.6 Å². The molecular weight excluding hydrogens is 204 g/mol. The largest absolute Gasteiger partial charge is 0.227 e. The van der Waals surface area contributed by atoms with Crippen molar-refractivity contribution in [2.24, 2.45) is 0 Å². The number of fused-ring (bicyclic) bond motifs is 1. The second-order valence-corrected chi connectivity index (χ2v) is 4.60. The van der Waals surface area contributed by atoms with Gasteiger partial charge in [0.15, 0.2) is 5.16 Å². The van der Waals surface area contributed by atoms with Crippen LogP contribution >= 0.6 is 23.4 Å². The normalized spacial score (nSPS) is 14.6. The molecule has 0 saturated carbocycles. The monoisotopic (exact) mass is 214 g/mol. The molecule has 0 radical (unpaired) electrons. The van der Waals surface area contributed by atoms with Crippen LogP contribution in [0.2, 0.25) is 5.15 Å². The fraction of sp³-hybridized carbons (Fsp3) is 0.556. The van der Waals surface area contributed by atoms with Gasteiger partial charge in [-0.2, -0.15) is 0 Å². The molecule has 1 aliphatic rings. The van der Waals surface area contributed by atoms with E-state index < -0.39 is 0 Å². The number of rotatable bonds is 2. The van der Waals surface area contributed by atoms with E-state index in [1.807, 2.05) is 0 Å². The summed E-state index contributed by atoms with van der Waals surface area (Å²) < 4.78 is 0. The number of thioether (sulfide) groups is 1. The van der Waals surface area contributed by atoms with Crippen LogP contribution in [-0.4, -0.2) is 15.7 Å². The van der Waals surface area contributed by atoms with Crippen LogP contribution in [0.15, 0.2) is 5.16 Å². The van der Waals surface area contributed by atoms with E-state index in [1.165, 1.54) is 12.0 Å². The lowest BCUT2D eigenvalue weighted by Gasteiger charge is -2.03. The van der Waals surface area contributed by atoms with Crippen molar-refractivity contribution in [2.75, 3.05) is 5.75 Å². The van der Waals surface area contributed by atoms with Gasteiger partial charge in [-0.25, -0.2) is 9.97 Å². The van der Waals surface area contributed by atoms with Crippen molar-refractivity contribution in [3.63, 3.8) is 0 Å². The first-order chi connectivity index (χ1) is 6.31. The molecule has 0 amide bonds. The highest BCUT2D eigenvalue weighted by Crippen LogP contribution is 2.28. The number of aryl methyl sites for hydroxylation is 1. The lowest BCUT2D eigenvalue weighted by molar-refractivity contribution is 0.877. The molecular formula is C9H11ClN2S. The molecule has 0 aliphatic heterocycles. The minimum atomic E-state index is 0.665. The SMILES string of the molecule is CCSc1nc(Cl)c2c(n1)CCC2. The molecule has 70 valence electrons. The van der Waals surface area contributed by atoms with E-state index in [9.17, 15) is 0 Å². The summed E-state index contributed by atoms with van der Waals surface area (Å²) in [6.45, 7) is 2.09. The Hall–Kier alpha value is -0.280. The predicted molar refractivity (Wildman–Crippen MR) is 55.5 cm³/mol. The first-order valence-corrected chi connectivity index (χ1v) is 5.85. The zero-order valence-electron chi connectivity index (χ0n) is 7.51. The molecule has 0 bridgehead atoms. The average Bonchev–Trinajstić information content (AvgIpc) is 2.53. The quantitative estimate of drug-likeness (QED) is 0.430. The van der Waals surface area contributed by atoms with Gasteiger partial charge in [-0.15, -0.1) is 0 Å². The van der Waals surface area contributed by atoms with Crippen LogP contribution in [0.25, 0.3) is 0 Å². The molecule has 0 N–H and O–H groups in total. The third-order valence-electron chi connectivity index (χ3n) is 2.14. The fourth-order valence-electron chi connectivity index (χ4n) is 1.56. The Bertz CT molecular complexity index is 328. The number of halogens is 1. The Morgan fingerprint density at radius 3 is 3.00 bits per heavy atom. The van der Waals surface area contributed by atoms with Crippen LogP contribution < -0.4 is 0 Å². The highest BCUT2D eigenvalue weighted by Gasteiger charge is 2.17. The van der Waals surface area contributed by atoms with E-state index in [0.717, 1.165) is 29.4 Å². The van der Waals surface area contributed by atoms with Crippen molar-refractivity contribution >= 4 is 23.4 Å². The summed E-state index contributed by atoms with van der Waals surface area (Å²) in [4.78, 5) is 8.72. The molecule has 1 aromatic heterocycles. The molecule has 2 rings (SSSR count). The topological polar surface area (TPSA) is 25.8 Å². The molecule has 0 atom stereocenters. The summed E-state index contributed by atoms with van der Waals surface area (Å²) in [5.41, 5.74) is 2.33. The van der Waals surface area contributed by atoms with Crippen molar-refractivity contribution < 1.29 is 0 Å². The number of aromatic nitrogens is 2. The minimum absolute atomic E-state index is 0.665. The van der Waals surface area contributed by atoms with E-state index in [1.54, 1.807) is 11.8 Å². The van der Waals surface area contributed by atoms with Gasteiger partial charge in [-0.05, 0) is 25.0 Å². The van der Waals surface area contributed by atoms with E-state index in [4.69, 9.17) is 11.6 Å². The summed E-state index contributed by atoms with van der Waals surface area (Å²) in [6.07, 6.45) is 3.28. The highest BCUT2D eigenvalue weighted by atomic mass is 35.5. The maximum Gasteiger partial charge on any atom is 0.189 e. The molecule has 0 spiro atoms. The summed E-state index contributed by atoms with van der Waals surface area (Å²) in [5, 5.41) is 1.49. The standard InChI is InChI=1S/C9H11ClN2S/c1-2-13-9-11-7-5-3-4-6(7)8(10)12-9/h2-5H2,1H3. The molecule has 4 heteroatoms. The van der Waals surface area contributed by atoms with Gasteiger partial charge in [0.2, 0.25) is 0 Å². The maximum atomic E-state index is 6.05. The fourth-order valence-corrected chi connectivity index (χ4v) is 2.48. The van der Waals surface area contributed by atoms with Gasteiger partial charge in [-0.3, -0.25) is 0 Å². The smallest absolute Gasteiger partial charge is 0.189 e. The number of hydrogen-bond acceptors (Lipinski definition) is 3. The summed E-state index contributed by atoms with van der Waals surface area (Å²) >= 11 is 7.69. The van der Waals surface area contributed by atoms with Gasteiger partial charge < -0.3 is 0 Å². The molecule has 1 aromatic rings. The van der Waals surface area contributed by atoms with Crippen LogP contribution in [0.5, 0.6) is 0 Å². The molecule has 0 saturated heterocycles. The predicted octanol–water partition coefficient (Wildman–Crippen LogP) is 2.73. The zero-order chi connectivity index (χ0) is 9.26. The van der Waals surface area contributed by atoms with Crippen LogP contribution in [0.3, 0.4) is 0 Å². The molecule has 0 unspecified atom stereocenters. The molecule has 0 aromatic carbocycles. The lowest BCUT2D eigenvalue weighted by atomic mass is 10.3. The van der Waals surface area contributed by atoms with Gasteiger partial charge in [0.05, 0.1) is 0 Å². The molecule has 13 heavy (non-hydrogen) atoms. The Labute approximate surface area is 87.1 Å². The first kappa shape index (κ1) is 9.28. The second kappa shape index (κ2) is 3.84. The second-order valence-electron chi connectivity index (χ2n) is 3.01. The third kappa shape index (κ3) is 1.81. The van der Waals surface area contributed by atoms with Gasteiger partial charge in [0.25, 0.3) is 0 Å². The van der Waals surface area contributed by atoms with Crippen molar-refractivity contribution in [2.45, 2.75) is 31.3 Å². The zero-order valence-corrected chi connectivity index (χ0v) is 9.08. The van der Waals surface area contributed by atoms with Crippen LogP contribution in [0, 0.1) is 0 Å². The summed E-state index contributed by atoms with van der Waals surface area (Å²) in [5.74, 6) is 0.995. The van der Waals surface area contributed by atoms with Crippen molar-refractivity contribution in [1.82, 2.24) is 9.97 Å². The average molecular weight is 215 g/mol. The van der Waals surface area contributed by atoms with Crippen LogP contribution in [-0.2, 0) is 12.8 Å². The maximum absolute atomic E-state index is 6.05. The van der Waals surface area contributed by atoms with E-state index in [-0.39, 0.29) is 0 Å². The van der Waals surface area contributed by atoms with E-state index >= 15 is 0 Å². The van der Waals surface area contributed by atoms with Crippen LogP contribution in [0.4, 0.5) is 0 Å². The van der Waals surface area contributed by atoms with Gasteiger partial charge in [0.1, 0.15) is 5.15 Å². The Morgan fingerprint density at radius 1 is 1.38 bits per heavy atom. The summed E-state index contributed by atoms with van der Waals surface area (Å²) in [7, 11) is 0. The number of nitrogens with zero attached hydrogens (tertiary/aromatic N) is 2. The Balaban J connectivity index is 2.37. The number of hydrogen-bond donors (Lipinski definition) is 0. The third-order valence-corrected chi connectivity index (χ3v) is 3.18.